The topological polar surface area (TPSA) is 105 Å². The lowest BCUT2D eigenvalue weighted by Gasteiger charge is -2.20. The molecule has 1 heterocycles. The van der Waals surface area contributed by atoms with Gasteiger partial charge in [0.25, 0.3) is 17.7 Å². The summed E-state index contributed by atoms with van der Waals surface area (Å²) >= 11 is 6.02. The number of ether oxygens (including phenoxy) is 1. The summed E-state index contributed by atoms with van der Waals surface area (Å²) in [6.07, 6.45) is 1.38. The first kappa shape index (κ1) is 18.5. The van der Waals surface area contributed by atoms with E-state index in [4.69, 9.17) is 16.3 Å². The van der Waals surface area contributed by atoms with Gasteiger partial charge in [-0.2, -0.15) is 0 Å². The highest BCUT2D eigenvalue weighted by Crippen LogP contribution is 2.29. The van der Waals surface area contributed by atoms with E-state index < -0.39 is 29.4 Å². The summed E-state index contributed by atoms with van der Waals surface area (Å²) in [6, 6.07) is 4.03. The molecule has 25 heavy (non-hydrogen) atoms. The van der Waals surface area contributed by atoms with Gasteiger partial charge in [0.2, 0.25) is 0 Å². The van der Waals surface area contributed by atoms with Gasteiger partial charge >= 0.3 is 6.09 Å². The van der Waals surface area contributed by atoms with Crippen LogP contribution >= 0.6 is 11.6 Å². The standard InChI is InChI=1S/C16H16ClN3O5/c1-16(2,3)25-15(24)19-18-14(23)9-4-5-10(17)11(8-9)20-12(21)6-7-13(20)22/h4-8H,1-3H3,(H,18,23)(H,19,24). The number of carbonyl (C=O) groups is 4. The fourth-order valence-electron chi connectivity index (χ4n) is 1.95. The van der Waals surface area contributed by atoms with E-state index in [1.807, 2.05) is 0 Å². The van der Waals surface area contributed by atoms with Gasteiger partial charge in [0.15, 0.2) is 0 Å². The summed E-state index contributed by atoms with van der Waals surface area (Å²) in [6.45, 7) is 5.04. The third-order valence-corrected chi connectivity index (χ3v) is 3.26. The number of carbonyl (C=O) groups excluding carboxylic acids is 4. The predicted octanol–water partition coefficient (Wildman–Crippen LogP) is 1.94. The third-order valence-electron chi connectivity index (χ3n) is 2.94. The zero-order chi connectivity index (χ0) is 18.8. The van der Waals surface area contributed by atoms with Gasteiger partial charge < -0.3 is 4.74 Å². The Hall–Kier alpha value is -2.87. The van der Waals surface area contributed by atoms with Crippen molar-refractivity contribution in [3.63, 3.8) is 0 Å². The molecule has 2 N–H and O–H groups in total. The number of nitrogens with zero attached hydrogens (tertiary/aromatic N) is 1. The molecule has 1 aromatic carbocycles. The first-order valence-corrected chi connectivity index (χ1v) is 7.61. The van der Waals surface area contributed by atoms with Crippen LogP contribution in [0.4, 0.5) is 10.5 Å². The largest absolute Gasteiger partial charge is 0.443 e. The average molecular weight is 366 g/mol. The molecule has 1 aromatic rings. The second kappa shape index (κ2) is 6.94. The molecule has 1 aliphatic rings. The number of imide groups is 1. The number of hydrogen-bond acceptors (Lipinski definition) is 5. The number of hydrogen-bond donors (Lipinski definition) is 2. The van der Waals surface area contributed by atoms with Crippen LogP contribution in [0.1, 0.15) is 31.1 Å². The first-order valence-electron chi connectivity index (χ1n) is 7.23. The van der Waals surface area contributed by atoms with Crippen molar-refractivity contribution in [2.75, 3.05) is 4.90 Å². The second-order valence-corrected chi connectivity index (χ2v) is 6.50. The molecular formula is C16H16ClN3O5. The van der Waals surface area contributed by atoms with Crippen molar-refractivity contribution >= 4 is 41.1 Å². The van der Waals surface area contributed by atoms with Gasteiger partial charge in [-0.15, -0.1) is 0 Å². The van der Waals surface area contributed by atoms with Crippen LogP contribution in [-0.4, -0.2) is 29.4 Å². The van der Waals surface area contributed by atoms with Crippen molar-refractivity contribution in [1.82, 2.24) is 10.9 Å². The van der Waals surface area contributed by atoms with Crippen LogP contribution in [0, 0.1) is 0 Å². The molecule has 1 aliphatic heterocycles. The number of benzene rings is 1. The van der Waals surface area contributed by atoms with E-state index in [9.17, 15) is 19.2 Å². The van der Waals surface area contributed by atoms with Crippen molar-refractivity contribution in [2.24, 2.45) is 0 Å². The van der Waals surface area contributed by atoms with Gasteiger partial charge in [-0.3, -0.25) is 19.8 Å². The van der Waals surface area contributed by atoms with Gasteiger partial charge in [-0.05, 0) is 39.0 Å². The molecule has 8 nitrogen and oxygen atoms in total. The van der Waals surface area contributed by atoms with Crippen LogP contribution in [-0.2, 0) is 14.3 Å². The highest BCUT2D eigenvalue weighted by atomic mass is 35.5. The van der Waals surface area contributed by atoms with E-state index in [2.05, 4.69) is 10.9 Å². The quantitative estimate of drug-likeness (QED) is 0.615. The SMILES string of the molecule is CC(C)(C)OC(=O)NNC(=O)c1ccc(Cl)c(N2C(=O)C=CC2=O)c1. The minimum atomic E-state index is -0.830. The van der Waals surface area contributed by atoms with Crippen molar-refractivity contribution in [1.29, 1.82) is 0 Å². The Morgan fingerprint density at radius 3 is 2.24 bits per heavy atom. The fourth-order valence-corrected chi connectivity index (χ4v) is 2.15. The normalized spacial score (nSPS) is 13.8. The van der Waals surface area contributed by atoms with Crippen LogP contribution < -0.4 is 15.8 Å². The molecule has 0 aliphatic carbocycles. The van der Waals surface area contributed by atoms with Gasteiger partial charge in [0.05, 0.1) is 10.7 Å². The lowest BCUT2D eigenvalue weighted by atomic mass is 10.1. The van der Waals surface area contributed by atoms with E-state index >= 15 is 0 Å². The summed E-state index contributed by atoms with van der Waals surface area (Å²) in [5.41, 5.74) is 3.72. The summed E-state index contributed by atoms with van der Waals surface area (Å²) in [5.74, 6) is -1.79. The monoisotopic (exact) mass is 365 g/mol. The van der Waals surface area contributed by atoms with Crippen LogP contribution in [0.5, 0.6) is 0 Å². The molecule has 2 rings (SSSR count). The lowest BCUT2D eigenvalue weighted by Crippen LogP contribution is -2.44. The summed E-state index contributed by atoms with van der Waals surface area (Å²) in [7, 11) is 0. The number of rotatable bonds is 2. The molecule has 0 atom stereocenters. The van der Waals surface area contributed by atoms with E-state index in [0.29, 0.717) is 0 Å². The average Bonchev–Trinajstić information content (AvgIpc) is 2.83. The van der Waals surface area contributed by atoms with Gasteiger partial charge in [0, 0.05) is 17.7 Å². The maximum atomic E-state index is 12.1. The van der Waals surface area contributed by atoms with Crippen molar-refractivity contribution < 1.29 is 23.9 Å². The molecule has 0 radical (unpaired) electrons. The first-order chi connectivity index (χ1) is 11.6. The molecule has 132 valence electrons. The molecule has 0 saturated carbocycles. The van der Waals surface area contributed by atoms with Crippen LogP contribution in [0.25, 0.3) is 0 Å². The third kappa shape index (κ3) is 4.57. The zero-order valence-electron chi connectivity index (χ0n) is 13.8. The van der Waals surface area contributed by atoms with Gasteiger partial charge in [0.1, 0.15) is 5.60 Å². The second-order valence-electron chi connectivity index (χ2n) is 6.09. The smallest absolute Gasteiger partial charge is 0.426 e. The Morgan fingerprint density at radius 2 is 1.68 bits per heavy atom. The molecule has 0 unspecified atom stereocenters. The molecule has 0 aromatic heterocycles. The van der Waals surface area contributed by atoms with Gasteiger partial charge in [-0.25, -0.2) is 15.1 Å². The summed E-state index contributed by atoms with van der Waals surface area (Å²) in [5, 5.41) is 0.127. The Bertz CT molecular complexity index is 764. The Kier molecular flexibility index (Phi) is 5.13. The van der Waals surface area contributed by atoms with Crippen LogP contribution in [0.2, 0.25) is 5.02 Å². The molecular weight excluding hydrogens is 350 g/mol. The van der Waals surface area contributed by atoms with Crippen molar-refractivity contribution in [3.05, 3.63) is 40.9 Å². The number of nitrogens with one attached hydrogen (secondary N) is 2. The summed E-state index contributed by atoms with van der Waals surface area (Å²) in [4.78, 5) is 48.0. The number of halogens is 1. The van der Waals surface area contributed by atoms with Crippen LogP contribution in [0.15, 0.2) is 30.4 Å². The minimum absolute atomic E-state index is 0.0755. The molecule has 0 fully saturated rings. The van der Waals surface area contributed by atoms with E-state index in [1.165, 1.54) is 18.2 Å². The predicted molar refractivity (Wildman–Crippen MR) is 89.9 cm³/mol. The maximum absolute atomic E-state index is 12.1. The van der Waals surface area contributed by atoms with Crippen molar-refractivity contribution in [3.8, 4) is 0 Å². The van der Waals surface area contributed by atoms with E-state index in [0.717, 1.165) is 17.1 Å². The molecule has 0 saturated heterocycles. The Labute approximate surface area is 148 Å². The minimum Gasteiger partial charge on any atom is -0.443 e. The van der Waals surface area contributed by atoms with Gasteiger partial charge in [-0.1, -0.05) is 11.6 Å². The van der Waals surface area contributed by atoms with Crippen LogP contribution in [0.3, 0.4) is 0 Å². The molecule has 9 heteroatoms. The number of amides is 4. The Balaban J connectivity index is 2.11. The molecule has 0 spiro atoms. The van der Waals surface area contributed by atoms with E-state index in [-0.39, 0.29) is 16.3 Å². The summed E-state index contributed by atoms with van der Waals surface area (Å²) < 4.78 is 4.98. The van der Waals surface area contributed by atoms with Crippen molar-refractivity contribution in [2.45, 2.75) is 26.4 Å². The zero-order valence-corrected chi connectivity index (χ0v) is 14.5. The Morgan fingerprint density at radius 1 is 1.08 bits per heavy atom. The van der Waals surface area contributed by atoms with E-state index in [1.54, 1.807) is 20.8 Å². The fraction of sp³-hybridized carbons (Fsp3) is 0.250. The number of hydrazine groups is 1. The molecule has 0 bridgehead atoms. The maximum Gasteiger partial charge on any atom is 0.426 e. The highest BCUT2D eigenvalue weighted by molar-refractivity contribution is 6.37. The lowest BCUT2D eigenvalue weighted by molar-refractivity contribution is -0.120. The highest BCUT2D eigenvalue weighted by Gasteiger charge is 2.27. The molecule has 4 amide bonds. The number of anilines is 1.